The van der Waals surface area contributed by atoms with E-state index in [1.54, 1.807) is 24.3 Å². The normalized spacial score (nSPS) is 18.1. The van der Waals surface area contributed by atoms with E-state index in [4.69, 9.17) is 14.2 Å². The van der Waals surface area contributed by atoms with E-state index in [-0.39, 0.29) is 24.0 Å². The van der Waals surface area contributed by atoms with E-state index >= 15 is 0 Å². The second-order valence-electron chi connectivity index (χ2n) is 8.11. The van der Waals surface area contributed by atoms with Crippen molar-refractivity contribution in [1.82, 2.24) is 4.90 Å². The summed E-state index contributed by atoms with van der Waals surface area (Å²) < 4.78 is 16.5. The summed E-state index contributed by atoms with van der Waals surface area (Å²) in [5.41, 5.74) is 2.26. The van der Waals surface area contributed by atoms with Crippen LogP contribution >= 0.6 is 0 Å². The fraction of sp³-hybridized carbons (Fsp3) is 0.417. The number of ether oxygens (including phenoxy) is 3. The van der Waals surface area contributed by atoms with Crippen molar-refractivity contribution in [3.63, 3.8) is 0 Å². The molecule has 7 heteroatoms. The number of esters is 1. The number of rotatable bonds is 6. The van der Waals surface area contributed by atoms with Crippen LogP contribution in [0.1, 0.15) is 48.7 Å². The van der Waals surface area contributed by atoms with Crippen molar-refractivity contribution in [2.75, 3.05) is 31.6 Å². The Morgan fingerprint density at radius 1 is 1.10 bits per heavy atom. The van der Waals surface area contributed by atoms with Crippen LogP contribution < -0.4 is 14.8 Å². The van der Waals surface area contributed by atoms with Gasteiger partial charge in [-0.25, -0.2) is 4.79 Å². The lowest BCUT2D eigenvalue weighted by atomic mass is 10.0. The molecule has 2 aliphatic heterocycles. The van der Waals surface area contributed by atoms with Gasteiger partial charge in [-0.1, -0.05) is 6.07 Å². The van der Waals surface area contributed by atoms with E-state index in [9.17, 15) is 9.59 Å². The first-order valence-corrected chi connectivity index (χ1v) is 10.7. The number of likely N-dealkylation sites (tertiary alicyclic amines) is 1. The van der Waals surface area contributed by atoms with Crippen LogP contribution in [0.5, 0.6) is 11.5 Å². The van der Waals surface area contributed by atoms with Gasteiger partial charge in [0.2, 0.25) is 5.91 Å². The maximum atomic E-state index is 12.7. The van der Waals surface area contributed by atoms with Crippen molar-refractivity contribution in [3.05, 3.63) is 53.6 Å². The zero-order valence-corrected chi connectivity index (χ0v) is 17.9. The van der Waals surface area contributed by atoms with Crippen molar-refractivity contribution in [2.45, 2.75) is 38.8 Å². The average Bonchev–Trinajstić information content (AvgIpc) is 3.21. The number of fused-ring (bicyclic) bond motifs is 1. The highest BCUT2D eigenvalue weighted by molar-refractivity contribution is 5.94. The Balaban J connectivity index is 1.36. The Hall–Kier alpha value is -3.06. The van der Waals surface area contributed by atoms with Crippen LogP contribution in [0.4, 0.5) is 5.69 Å². The molecule has 1 N–H and O–H groups in total. The molecule has 1 saturated heterocycles. The van der Waals surface area contributed by atoms with Crippen LogP contribution in [0.15, 0.2) is 42.5 Å². The number of nitrogens with one attached hydrogen (secondary N) is 1. The van der Waals surface area contributed by atoms with Gasteiger partial charge in [-0.3, -0.25) is 9.69 Å². The maximum absolute atomic E-state index is 12.7. The quantitative estimate of drug-likeness (QED) is 0.711. The molecular weight excluding hydrogens is 396 g/mol. The molecule has 2 heterocycles. The van der Waals surface area contributed by atoms with Crippen molar-refractivity contribution < 1.29 is 23.8 Å². The van der Waals surface area contributed by atoms with Gasteiger partial charge < -0.3 is 19.5 Å². The molecule has 0 aromatic heterocycles. The van der Waals surface area contributed by atoms with Gasteiger partial charge in [-0.05, 0) is 75.2 Å². The topological polar surface area (TPSA) is 77.1 Å². The molecule has 2 aliphatic rings. The number of hydrogen-bond acceptors (Lipinski definition) is 6. The van der Waals surface area contributed by atoms with E-state index < -0.39 is 0 Å². The second-order valence-corrected chi connectivity index (χ2v) is 8.11. The van der Waals surface area contributed by atoms with E-state index in [1.807, 2.05) is 26.0 Å². The molecule has 1 fully saturated rings. The molecule has 0 unspecified atom stereocenters. The van der Waals surface area contributed by atoms with E-state index in [0.717, 1.165) is 36.4 Å². The molecule has 2 aromatic carbocycles. The molecule has 164 valence electrons. The molecule has 2 aromatic rings. The zero-order valence-electron chi connectivity index (χ0n) is 17.9. The number of carbonyl (C=O) groups excluding carboxylic acids is 2. The second kappa shape index (κ2) is 9.39. The van der Waals surface area contributed by atoms with Gasteiger partial charge in [0.25, 0.3) is 0 Å². The number of carbonyl (C=O) groups is 2. The molecule has 0 radical (unpaired) electrons. The van der Waals surface area contributed by atoms with Crippen LogP contribution in [0.2, 0.25) is 0 Å². The molecule has 1 atom stereocenters. The van der Waals surface area contributed by atoms with Crippen LogP contribution in [0.25, 0.3) is 0 Å². The summed E-state index contributed by atoms with van der Waals surface area (Å²) in [6.07, 6.45) is 1.87. The van der Waals surface area contributed by atoms with Crippen LogP contribution in [0.3, 0.4) is 0 Å². The fourth-order valence-corrected chi connectivity index (χ4v) is 4.02. The standard InChI is InChI=1S/C24H28N2O5/c1-16(2)31-24(28)17-5-8-19(9-6-17)25-23(27)15-26-11-3-4-20(26)18-7-10-21-22(14-18)30-13-12-29-21/h5-10,14,16,20H,3-4,11-13,15H2,1-2H3,(H,25,27)/t20-/m0/s1. The van der Waals surface area contributed by atoms with Crippen molar-refractivity contribution in [2.24, 2.45) is 0 Å². The number of amides is 1. The minimum Gasteiger partial charge on any atom is -0.486 e. The van der Waals surface area contributed by atoms with Crippen LogP contribution in [0, 0.1) is 0 Å². The Morgan fingerprint density at radius 2 is 1.84 bits per heavy atom. The summed E-state index contributed by atoms with van der Waals surface area (Å²) in [4.78, 5) is 26.8. The van der Waals surface area contributed by atoms with Gasteiger partial charge in [-0.2, -0.15) is 0 Å². The third-order valence-electron chi connectivity index (χ3n) is 5.41. The molecule has 0 spiro atoms. The lowest BCUT2D eigenvalue weighted by Crippen LogP contribution is -2.33. The number of hydrogen-bond donors (Lipinski definition) is 1. The Bertz CT molecular complexity index is 941. The van der Waals surface area contributed by atoms with Crippen molar-refractivity contribution in [3.8, 4) is 11.5 Å². The highest BCUT2D eigenvalue weighted by atomic mass is 16.6. The molecule has 1 amide bonds. The van der Waals surface area contributed by atoms with Crippen molar-refractivity contribution in [1.29, 1.82) is 0 Å². The van der Waals surface area contributed by atoms with Gasteiger partial charge >= 0.3 is 5.97 Å². The smallest absolute Gasteiger partial charge is 0.338 e. The summed E-state index contributed by atoms with van der Waals surface area (Å²) in [6.45, 7) is 5.91. The lowest BCUT2D eigenvalue weighted by Gasteiger charge is -2.26. The average molecular weight is 424 g/mol. The van der Waals surface area contributed by atoms with E-state index in [0.29, 0.717) is 31.0 Å². The number of anilines is 1. The Labute approximate surface area is 182 Å². The number of benzene rings is 2. The highest BCUT2D eigenvalue weighted by Crippen LogP contribution is 2.37. The molecular formula is C24H28N2O5. The first-order chi connectivity index (χ1) is 15.0. The van der Waals surface area contributed by atoms with E-state index in [1.165, 1.54) is 0 Å². The molecule has 0 saturated carbocycles. The van der Waals surface area contributed by atoms with Crippen LogP contribution in [-0.2, 0) is 9.53 Å². The molecule has 0 aliphatic carbocycles. The minimum atomic E-state index is -0.368. The summed E-state index contributed by atoms with van der Waals surface area (Å²) in [6, 6.07) is 13.0. The summed E-state index contributed by atoms with van der Waals surface area (Å²) in [5.74, 6) is 1.10. The van der Waals surface area contributed by atoms with Gasteiger partial charge in [0.15, 0.2) is 11.5 Å². The lowest BCUT2D eigenvalue weighted by molar-refractivity contribution is -0.117. The van der Waals surface area contributed by atoms with Gasteiger partial charge in [0.05, 0.1) is 18.2 Å². The first-order valence-electron chi connectivity index (χ1n) is 10.7. The third kappa shape index (κ3) is 5.17. The Kier molecular flexibility index (Phi) is 6.42. The predicted molar refractivity (Wildman–Crippen MR) is 117 cm³/mol. The largest absolute Gasteiger partial charge is 0.486 e. The summed E-state index contributed by atoms with van der Waals surface area (Å²) in [7, 11) is 0. The van der Waals surface area contributed by atoms with E-state index in [2.05, 4.69) is 16.3 Å². The minimum absolute atomic E-state index is 0.0815. The monoisotopic (exact) mass is 424 g/mol. The van der Waals surface area contributed by atoms with Gasteiger partial charge in [0.1, 0.15) is 13.2 Å². The predicted octanol–water partition coefficient (Wildman–Crippen LogP) is 3.80. The molecule has 4 rings (SSSR count). The van der Waals surface area contributed by atoms with Gasteiger partial charge in [-0.15, -0.1) is 0 Å². The van der Waals surface area contributed by atoms with Crippen molar-refractivity contribution >= 4 is 17.6 Å². The SMILES string of the molecule is CC(C)OC(=O)c1ccc(NC(=O)CN2CCC[C@H]2c2ccc3c(c2)OCCO3)cc1. The van der Waals surface area contributed by atoms with Crippen LogP contribution in [-0.4, -0.2) is 49.2 Å². The molecule has 0 bridgehead atoms. The number of nitrogens with zero attached hydrogens (tertiary/aromatic N) is 1. The summed E-state index contributed by atoms with van der Waals surface area (Å²) in [5, 5.41) is 2.92. The Morgan fingerprint density at radius 3 is 2.58 bits per heavy atom. The molecule has 31 heavy (non-hydrogen) atoms. The highest BCUT2D eigenvalue weighted by Gasteiger charge is 2.28. The third-order valence-corrected chi connectivity index (χ3v) is 5.41. The molecule has 7 nitrogen and oxygen atoms in total. The van der Waals surface area contributed by atoms with Gasteiger partial charge in [0, 0.05) is 11.7 Å². The summed E-state index contributed by atoms with van der Waals surface area (Å²) >= 11 is 0. The maximum Gasteiger partial charge on any atom is 0.338 e. The first kappa shape index (κ1) is 21.2. The fourth-order valence-electron chi connectivity index (χ4n) is 4.02. The zero-order chi connectivity index (χ0) is 21.8.